The number of carbonyl (C=O) groups is 1. The number of hydrogen-bond acceptors (Lipinski definition) is 3. The summed E-state index contributed by atoms with van der Waals surface area (Å²) in [5, 5.41) is 16.8. The lowest BCUT2D eigenvalue weighted by atomic mass is 10.1. The van der Waals surface area contributed by atoms with E-state index in [2.05, 4.69) is 10.4 Å². The van der Waals surface area contributed by atoms with Crippen LogP contribution in [0.25, 0.3) is 0 Å². The van der Waals surface area contributed by atoms with Crippen LogP contribution in [-0.4, -0.2) is 27.3 Å². The quantitative estimate of drug-likeness (QED) is 0.725. The van der Waals surface area contributed by atoms with Gasteiger partial charge in [-0.3, -0.25) is 9.48 Å². The van der Waals surface area contributed by atoms with E-state index in [0.717, 1.165) is 5.56 Å². The molecule has 0 fully saturated rings. The van der Waals surface area contributed by atoms with Crippen molar-refractivity contribution >= 4 is 5.91 Å². The molecule has 5 nitrogen and oxygen atoms in total. The minimum Gasteiger partial charge on any atom is -0.386 e. The predicted octanol–water partition coefficient (Wildman–Crippen LogP) is 2.53. The minimum atomic E-state index is -1.09. The van der Waals surface area contributed by atoms with Gasteiger partial charge in [0.05, 0.1) is 12.6 Å². The molecule has 1 aromatic heterocycles. The molecule has 25 heavy (non-hydrogen) atoms. The van der Waals surface area contributed by atoms with E-state index in [0.29, 0.717) is 12.1 Å². The molecule has 0 spiro atoms. The molecule has 1 unspecified atom stereocenters. The van der Waals surface area contributed by atoms with Gasteiger partial charge in [-0.2, -0.15) is 5.10 Å². The molecule has 0 radical (unpaired) electrons. The summed E-state index contributed by atoms with van der Waals surface area (Å²) in [6.45, 7) is 0.565. The van der Waals surface area contributed by atoms with E-state index in [1.165, 1.54) is 12.1 Å². The van der Waals surface area contributed by atoms with Gasteiger partial charge in [0.1, 0.15) is 5.82 Å². The maximum absolute atomic E-state index is 13.6. The van der Waals surface area contributed by atoms with Gasteiger partial charge in [0.15, 0.2) is 0 Å². The number of carbonyl (C=O) groups excluding carboxylic acids is 1. The van der Waals surface area contributed by atoms with Gasteiger partial charge in [-0.05, 0) is 29.8 Å². The average Bonchev–Trinajstić information content (AvgIpc) is 3.13. The topological polar surface area (TPSA) is 67.2 Å². The number of rotatable bonds is 6. The second kappa shape index (κ2) is 7.72. The highest BCUT2D eigenvalue weighted by Crippen LogP contribution is 2.16. The summed E-state index contributed by atoms with van der Waals surface area (Å²) in [5.74, 6) is -0.812. The molecule has 6 heteroatoms. The highest BCUT2D eigenvalue weighted by molar-refractivity contribution is 5.94. The third kappa shape index (κ3) is 4.30. The van der Waals surface area contributed by atoms with Crippen LogP contribution in [0.3, 0.4) is 0 Å². The van der Waals surface area contributed by atoms with Crippen molar-refractivity contribution in [2.75, 3.05) is 6.54 Å². The van der Waals surface area contributed by atoms with Crippen LogP contribution < -0.4 is 5.32 Å². The van der Waals surface area contributed by atoms with Crippen LogP contribution in [0.2, 0.25) is 0 Å². The number of hydrogen-bond donors (Lipinski definition) is 2. The molecule has 2 aromatic carbocycles. The molecule has 2 N–H and O–H groups in total. The third-order valence-electron chi connectivity index (χ3n) is 3.84. The lowest BCUT2D eigenvalue weighted by molar-refractivity contribution is 0.0914. The zero-order chi connectivity index (χ0) is 17.6. The first-order valence-corrected chi connectivity index (χ1v) is 7.90. The van der Waals surface area contributed by atoms with Gasteiger partial charge in [-0.25, -0.2) is 4.39 Å². The molecule has 0 bridgehead atoms. The first-order chi connectivity index (χ1) is 12.1. The Morgan fingerprint density at radius 2 is 1.92 bits per heavy atom. The number of nitrogens with one attached hydrogen (secondary N) is 1. The molecular formula is C19H18FN3O2. The predicted molar refractivity (Wildman–Crippen MR) is 91.5 cm³/mol. The fourth-order valence-electron chi connectivity index (χ4n) is 2.49. The van der Waals surface area contributed by atoms with Crippen molar-refractivity contribution in [3.8, 4) is 0 Å². The highest BCUT2D eigenvalue weighted by atomic mass is 19.1. The summed E-state index contributed by atoms with van der Waals surface area (Å²) in [6, 6.07) is 14.9. The molecule has 0 saturated heterocycles. The normalized spacial score (nSPS) is 11.9. The Morgan fingerprint density at radius 1 is 1.16 bits per heavy atom. The van der Waals surface area contributed by atoms with Crippen LogP contribution in [0.1, 0.15) is 27.6 Å². The van der Waals surface area contributed by atoms with Gasteiger partial charge in [0.25, 0.3) is 5.91 Å². The van der Waals surface area contributed by atoms with Gasteiger partial charge in [0.2, 0.25) is 0 Å². The van der Waals surface area contributed by atoms with Crippen LogP contribution in [0.5, 0.6) is 0 Å². The number of amides is 1. The molecular weight excluding hydrogens is 321 g/mol. The molecule has 3 aromatic rings. The number of aliphatic hydroxyl groups excluding tert-OH is 1. The van der Waals surface area contributed by atoms with E-state index in [1.54, 1.807) is 35.1 Å². The zero-order valence-corrected chi connectivity index (χ0v) is 13.5. The van der Waals surface area contributed by atoms with E-state index in [4.69, 9.17) is 0 Å². The van der Waals surface area contributed by atoms with Crippen LogP contribution in [0, 0.1) is 5.82 Å². The first-order valence-electron chi connectivity index (χ1n) is 7.90. The second-order valence-corrected chi connectivity index (χ2v) is 5.65. The molecule has 0 saturated carbocycles. The van der Waals surface area contributed by atoms with Crippen molar-refractivity contribution in [3.63, 3.8) is 0 Å². The maximum Gasteiger partial charge on any atom is 0.251 e. The number of aliphatic hydroxyl groups is 1. The fourth-order valence-corrected chi connectivity index (χ4v) is 2.49. The molecule has 0 aliphatic heterocycles. The van der Waals surface area contributed by atoms with Crippen LogP contribution in [0.15, 0.2) is 67.0 Å². The SMILES string of the molecule is O=C(NCC(O)c1ccccc1F)c1ccc(Cn2cccn2)cc1. The summed E-state index contributed by atoms with van der Waals surface area (Å²) < 4.78 is 15.4. The fraction of sp³-hybridized carbons (Fsp3) is 0.158. The lowest BCUT2D eigenvalue weighted by Crippen LogP contribution is -2.28. The van der Waals surface area contributed by atoms with Crippen molar-refractivity contribution in [2.45, 2.75) is 12.6 Å². The number of benzene rings is 2. The highest BCUT2D eigenvalue weighted by Gasteiger charge is 2.14. The standard InChI is InChI=1S/C19H18FN3O2/c20-17-5-2-1-4-16(17)18(24)12-21-19(25)15-8-6-14(7-9-15)13-23-11-3-10-22-23/h1-11,18,24H,12-13H2,(H,21,25). The zero-order valence-electron chi connectivity index (χ0n) is 13.5. The van der Waals surface area contributed by atoms with Gasteiger partial charge in [-0.15, -0.1) is 0 Å². The summed E-state index contributed by atoms with van der Waals surface area (Å²) in [7, 11) is 0. The van der Waals surface area contributed by atoms with Gasteiger partial charge in [-0.1, -0.05) is 30.3 Å². The Balaban J connectivity index is 1.57. The molecule has 1 heterocycles. The minimum absolute atomic E-state index is 0.0607. The van der Waals surface area contributed by atoms with Crippen molar-refractivity contribution < 1.29 is 14.3 Å². The lowest BCUT2D eigenvalue weighted by Gasteiger charge is -2.13. The van der Waals surface area contributed by atoms with Crippen molar-refractivity contribution in [3.05, 3.63) is 89.5 Å². The summed E-state index contributed by atoms with van der Waals surface area (Å²) in [6.07, 6.45) is 2.48. The van der Waals surface area contributed by atoms with E-state index in [1.807, 2.05) is 24.4 Å². The van der Waals surface area contributed by atoms with E-state index < -0.39 is 11.9 Å². The monoisotopic (exact) mass is 339 g/mol. The number of nitrogens with zero attached hydrogens (tertiary/aromatic N) is 2. The molecule has 1 amide bonds. The molecule has 0 aliphatic rings. The molecule has 128 valence electrons. The largest absolute Gasteiger partial charge is 0.386 e. The Morgan fingerprint density at radius 3 is 2.60 bits per heavy atom. The Labute approximate surface area is 144 Å². The molecule has 1 atom stereocenters. The number of aromatic nitrogens is 2. The molecule has 0 aliphatic carbocycles. The summed E-state index contributed by atoms with van der Waals surface area (Å²) in [4.78, 5) is 12.2. The third-order valence-corrected chi connectivity index (χ3v) is 3.84. The first kappa shape index (κ1) is 16.9. The summed E-state index contributed by atoms with van der Waals surface area (Å²) in [5.41, 5.74) is 1.66. The number of halogens is 1. The van der Waals surface area contributed by atoms with Gasteiger partial charge >= 0.3 is 0 Å². The second-order valence-electron chi connectivity index (χ2n) is 5.65. The smallest absolute Gasteiger partial charge is 0.251 e. The Kier molecular flexibility index (Phi) is 5.20. The van der Waals surface area contributed by atoms with E-state index >= 15 is 0 Å². The van der Waals surface area contributed by atoms with Crippen LogP contribution in [-0.2, 0) is 6.54 Å². The van der Waals surface area contributed by atoms with Crippen LogP contribution in [0.4, 0.5) is 4.39 Å². The Hall–Kier alpha value is -2.99. The van der Waals surface area contributed by atoms with E-state index in [9.17, 15) is 14.3 Å². The average molecular weight is 339 g/mol. The van der Waals surface area contributed by atoms with Crippen molar-refractivity contribution in [1.29, 1.82) is 0 Å². The van der Waals surface area contributed by atoms with Crippen LogP contribution >= 0.6 is 0 Å². The summed E-state index contributed by atoms with van der Waals surface area (Å²) >= 11 is 0. The van der Waals surface area contributed by atoms with Gasteiger partial charge < -0.3 is 10.4 Å². The van der Waals surface area contributed by atoms with Crippen molar-refractivity contribution in [1.82, 2.24) is 15.1 Å². The maximum atomic E-state index is 13.6. The van der Waals surface area contributed by atoms with Crippen molar-refractivity contribution in [2.24, 2.45) is 0 Å². The van der Waals surface area contributed by atoms with E-state index in [-0.39, 0.29) is 18.0 Å². The Bertz CT molecular complexity index is 832. The van der Waals surface area contributed by atoms with Gasteiger partial charge in [0, 0.05) is 30.1 Å². The molecule has 3 rings (SSSR count).